The van der Waals surface area contributed by atoms with Crippen molar-refractivity contribution in [2.75, 3.05) is 19.0 Å². The van der Waals surface area contributed by atoms with E-state index in [-0.39, 0.29) is 45.7 Å². The van der Waals surface area contributed by atoms with E-state index in [4.69, 9.17) is 27.9 Å². The van der Waals surface area contributed by atoms with E-state index in [0.29, 0.717) is 49.9 Å². The summed E-state index contributed by atoms with van der Waals surface area (Å²) >= 11 is 12.5. The molecule has 43 heavy (non-hydrogen) atoms. The zero-order chi connectivity index (χ0) is 30.8. The van der Waals surface area contributed by atoms with Gasteiger partial charge in [0.1, 0.15) is 16.4 Å². The molecule has 0 bridgehead atoms. The fraction of sp³-hybridized carbons (Fsp3) is 0.613. The highest BCUT2D eigenvalue weighted by atomic mass is 35.5. The van der Waals surface area contributed by atoms with E-state index in [1.165, 1.54) is 12.3 Å². The lowest BCUT2D eigenvalue weighted by Gasteiger charge is -2.50. The summed E-state index contributed by atoms with van der Waals surface area (Å²) in [4.78, 5) is 37.2. The zero-order valence-electron chi connectivity index (χ0n) is 24.6. The van der Waals surface area contributed by atoms with Crippen molar-refractivity contribution in [3.8, 4) is 0 Å². The maximum atomic E-state index is 16.0. The third-order valence-electron chi connectivity index (χ3n) is 10.8. The molecular formula is C31H38Cl2FN5O4. The van der Waals surface area contributed by atoms with E-state index in [1.807, 2.05) is 0 Å². The Bertz CT molecular complexity index is 1430. The number of hydrogen-bond acceptors (Lipinski definition) is 7. The SMILES string of the molecule is CO[C@]1(CO)CC[C@H](NC(=O)[C@@H]2NC3(CCC(C)(C)CC3)[C@@]3(C(=O)Nc4nc(Cl)ccc43)[C@H]2c2ccnc(Cl)c2F)CC1. The van der Waals surface area contributed by atoms with Crippen LogP contribution in [0, 0.1) is 11.2 Å². The molecule has 2 saturated carbocycles. The molecule has 3 fully saturated rings. The van der Waals surface area contributed by atoms with Gasteiger partial charge in [0, 0.05) is 36.4 Å². The first-order chi connectivity index (χ1) is 20.4. The lowest BCUT2D eigenvalue weighted by atomic mass is 9.53. The van der Waals surface area contributed by atoms with E-state index >= 15 is 4.39 Å². The summed E-state index contributed by atoms with van der Waals surface area (Å²) in [6.07, 6.45) is 6.60. The lowest BCUT2D eigenvalue weighted by Crippen LogP contribution is -2.61. The minimum atomic E-state index is -1.38. The molecule has 4 aliphatic rings. The monoisotopic (exact) mass is 633 g/mol. The van der Waals surface area contributed by atoms with Crippen LogP contribution in [0.4, 0.5) is 10.2 Å². The summed E-state index contributed by atoms with van der Waals surface area (Å²) < 4.78 is 21.6. The molecule has 2 aromatic rings. The number of rotatable bonds is 5. The maximum absolute atomic E-state index is 16.0. The molecule has 4 N–H and O–H groups in total. The van der Waals surface area contributed by atoms with Gasteiger partial charge in [-0.15, -0.1) is 0 Å². The third kappa shape index (κ3) is 4.76. The molecule has 0 radical (unpaired) electrons. The summed E-state index contributed by atoms with van der Waals surface area (Å²) in [5, 5.41) is 19.6. The summed E-state index contributed by atoms with van der Waals surface area (Å²) in [6, 6.07) is 3.80. The highest BCUT2D eigenvalue weighted by molar-refractivity contribution is 6.30. The number of fused-ring (bicyclic) bond motifs is 3. The number of hydrogen-bond donors (Lipinski definition) is 4. The van der Waals surface area contributed by atoms with Crippen LogP contribution in [0.1, 0.15) is 82.3 Å². The Morgan fingerprint density at radius 3 is 2.49 bits per heavy atom. The number of aromatic nitrogens is 2. The molecule has 0 unspecified atom stereocenters. The highest BCUT2D eigenvalue weighted by Gasteiger charge is 2.73. The summed E-state index contributed by atoms with van der Waals surface area (Å²) in [5.41, 5.74) is -2.10. The molecule has 2 spiro atoms. The van der Waals surface area contributed by atoms with Crippen molar-refractivity contribution in [3.05, 3.63) is 51.6 Å². The number of nitrogens with zero attached hydrogens (tertiary/aromatic N) is 2. The number of halogens is 3. The van der Waals surface area contributed by atoms with Crippen LogP contribution in [0.5, 0.6) is 0 Å². The second-order valence-corrected chi connectivity index (χ2v) is 14.2. The predicted octanol–water partition coefficient (Wildman–Crippen LogP) is 4.64. The van der Waals surface area contributed by atoms with E-state index in [9.17, 15) is 14.7 Å². The van der Waals surface area contributed by atoms with Gasteiger partial charge < -0.3 is 20.5 Å². The Kier molecular flexibility index (Phi) is 7.77. The molecule has 9 nitrogen and oxygen atoms in total. The van der Waals surface area contributed by atoms with Crippen LogP contribution in [0.25, 0.3) is 0 Å². The number of methoxy groups -OCH3 is 1. The van der Waals surface area contributed by atoms with Gasteiger partial charge in [0.2, 0.25) is 11.8 Å². The van der Waals surface area contributed by atoms with E-state index < -0.39 is 34.3 Å². The number of carbonyl (C=O) groups excluding carboxylic acids is 2. The van der Waals surface area contributed by atoms with Crippen molar-refractivity contribution in [1.29, 1.82) is 0 Å². The standard InChI is InChI=1S/C31H38Cl2FN5O4/c1-28(2)11-13-30(14-12-28)31(19-4-5-20(32)37-25(19)38-27(31)42)21(18-8-15-35-24(33)22(18)34)23(39-30)26(41)36-17-6-9-29(16-40,43-3)10-7-17/h4-5,8,15,17,21,23,39-40H,6-7,9-14,16H2,1-3H3,(H,36,41)(H,37,38,42)/t17-,21-,23+,29+,31+/m0/s1. The van der Waals surface area contributed by atoms with Crippen LogP contribution < -0.4 is 16.0 Å². The largest absolute Gasteiger partial charge is 0.393 e. The molecule has 2 aromatic heterocycles. The van der Waals surface area contributed by atoms with Gasteiger partial charge >= 0.3 is 0 Å². The quantitative estimate of drug-likeness (QED) is 0.353. The van der Waals surface area contributed by atoms with Gasteiger partial charge in [0.15, 0.2) is 11.0 Å². The molecule has 4 heterocycles. The van der Waals surface area contributed by atoms with E-state index in [2.05, 4.69) is 39.8 Å². The number of aliphatic hydroxyl groups is 1. The number of amides is 2. The van der Waals surface area contributed by atoms with Gasteiger partial charge in [-0.25, -0.2) is 14.4 Å². The molecule has 6 rings (SSSR count). The number of carbonyl (C=O) groups is 2. The Morgan fingerprint density at radius 2 is 1.84 bits per heavy atom. The molecule has 12 heteroatoms. The summed E-state index contributed by atoms with van der Waals surface area (Å²) in [5.74, 6) is -2.06. The van der Waals surface area contributed by atoms with Gasteiger partial charge in [-0.3, -0.25) is 14.9 Å². The number of aliphatic hydroxyl groups excluding tert-OH is 1. The molecule has 2 aliphatic carbocycles. The molecule has 1 saturated heterocycles. The molecule has 2 aliphatic heterocycles. The first kappa shape index (κ1) is 30.6. The van der Waals surface area contributed by atoms with Crippen LogP contribution in [-0.2, 0) is 19.7 Å². The van der Waals surface area contributed by atoms with E-state index in [1.54, 1.807) is 19.2 Å². The van der Waals surface area contributed by atoms with Crippen LogP contribution in [0.3, 0.4) is 0 Å². The topological polar surface area (TPSA) is 125 Å². The maximum Gasteiger partial charge on any atom is 0.238 e. The van der Waals surface area contributed by atoms with Crippen molar-refractivity contribution >= 4 is 40.8 Å². The van der Waals surface area contributed by atoms with Crippen molar-refractivity contribution < 1.29 is 23.8 Å². The van der Waals surface area contributed by atoms with Crippen LogP contribution in [0.2, 0.25) is 10.3 Å². The number of nitrogens with one attached hydrogen (secondary N) is 3. The van der Waals surface area contributed by atoms with Crippen molar-refractivity contribution in [2.45, 2.75) is 99.8 Å². The zero-order valence-corrected chi connectivity index (χ0v) is 26.1. The first-order valence-electron chi connectivity index (χ1n) is 14.9. The summed E-state index contributed by atoms with van der Waals surface area (Å²) in [6.45, 7) is 4.31. The van der Waals surface area contributed by atoms with Crippen molar-refractivity contribution in [2.24, 2.45) is 5.41 Å². The Morgan fingerprint density at radius 1 is 1.14 bits per heavy atom. The van der Waals surface area contributed by atoms with Crippen molar-refractivity contribution in [3.63, 3.8) is 0 Å². The molecular weight excluding hydrogens is 596 g/mol. The summed E-state index contributed by atoms with van der Waals surface area (Å²) in [7, 11) is 1.59. The highest BCUT2D eigenvalue weighted by Crippen LogP contribution is 2.63. The Balaban J connectivity index is 1.48. The van der Waals surface area contributed by atoms with Gasteiger partial charge in [-0.1, -0.05) is 43.1 Å². The van der Waals surface area contributed by atoms with Crippen molar-refractivity contribution in [1.82, 2.24) is 20.6 Å². The second kappa shape index (κ2) is 10.9. The first-order valence-corrected chi connectivity index (χ1v) is 15.7. The van der Waals surface area contributed by atoms with Gasteiger partial charge in [-0.2, -0.15) is 0 Å². The second-order valence-electron chi connectivity index (χ2n) is 13.5. The van der Waals surface area contributed by atoms with E-state index in [0.717, 1.165) is 12.8 Å². The fourth-order valence-electron chi connectivity index (χ4n) is 8.20. The Labute approximate surface area is 260 Å². The number of pyridine rings is 2. The molecule has 3 atom stereocenters. The Hall–Kier alpha value is -2.37. The molecule has 2 amide bonds. The van der Waals surface area contributed by atoms with Crippen LogP contribution in [0.15, 0.2) is 24.4 Å². The average Bonchev–Trinajstić information content (AvgIpc) is 3.44. The fourth-order valence-corrected chi connectivity index (χ4v) is 8.52. The smallest absolute Gasteiger partial charge is 0.238 e. The minimum absolute atomic E-state index is 0.0357. The lowest BCUT2D eigenvalue weighted by molar-refractivity contribution is -0.125. The molecule has 0 aromatic carbocycles. The average molecular weight is 635 g/mol. The predicted molar refractivity (Wildman–Crippen MR) is 161 cm³/mol. The number of ether oxygens (including phenoxy) is 1. The van der Waals surface area contributed by atoms with Gasteiger partial charge in [0.05, 0.1) is 18.2 Å². The van der Waals surface area contributed by atoms with Gasteiger partial charge in [0.25, 0.3) is 0 Å². The third-order valence-corrected chi connectivity index (χ3v) is 11.3. The van der Waals surface area contributed by atoms with Gasteiger partial charge in [-0.05, 0) is 74.5 Å². The van der Waals surface area contributed by atoms with Crippen LogP contribution in [-0.4, -0.2) is 63.8 Å². The minimum Gasteiger partial charge on any atom is -0.393 e. The molecule has 232 valence electrons. The van der Waals surface area contributed by atoms with Crippen LogP contribution >= 0.6 is 23.2 Å². The normalized spacial score (nSPS) is 32.5. The number of anilines is 1.